The number of nitrogens with zero attached hydrogens (tertiary/aromatic N) is 4. The normalized spacial score (nSPS) is 19.2. The van der Waals surface area contributed by atoms with E-state index in [-0.39, 0.29) is 23.9 Å². The van der Waals surface area contributed by atoms with Crippen molar-refractivity contribution in [2.24, 2.45) is 9.98 Å². The maximum atomic E-state index is 13.6. The number of carbonyl (C=O) groups is 2. The van der Waals surface area contributed by atoms with Crippen LogP contribution in [0.4, 0.5) is 17.1 Å². The van der Waals surface area contributed by atoms with Crippen molar-refractivity contribution in [2.75, 3.05) is 33.2 Å². The summed E-state index contributed by atoms with van der Waals surface area (Å²) in [6.45, 7) is 2.66. The van der Waals surface area contributed by atoms with E-state index in [4.69, 9.17) is 24.7 Å². The van der Waals surface area contributed by atoms with E-state index in [1.165, 1.54) is 0 Å². The van der Waals surface area contributed by atoms with Gasteiger partial charge in [0.15, 0.2) is 23.0 Å². The van der Waals surface area contributed by atoms with Crippen molar-refractivity contribution in [1.29, 1.82) is 0 Å². The Morgan fingerprint density at radius 2 is 1.28 bits per heavy atom. The molecule has 0 aliphatic carbocycles. The number of rotatable bonds is 9. The zero-order valence-corrected chi connectivity index (χ0v) is 26.4. The lowest BCUT2D eigenvalue weighted by Gasteiger charge is -2.19. The van der Waals surface area contributed by atoms with Gasteiger partial charge in [-0.25, -0.2) is 0 Å². The van der Waals surface area contributed by atoms with Crippen LogP contribution in [0.1, 0.15) is 52.5 Å². The van der Waals surface area contributed by atoms with E-state index in [9.17, 15) is 9.59 Å². The fourth-order valence-corrected chi connectivity index (χ4v) is 6.24. The summed E-state index contributed by atoms with van der Waals surface area (Å²) in [7, 11) is 3.08. The van der Waals surface area contributed by atoms with Crippen LogP contribution in [0.5, 0.6) is 23.0 Å². The predicted octanol–water partition coefficient (Wildman–Crippen LogP) is 5.94. The molecule has 240 valence electrons. The summed E-state index contributed by atoms with van der Waals surface area (Å²) < 4.78 is 23.3. The number of methoxy groups -OCH3 is 2. The second-order valence-corrected chi connectivity index (χ2v) is 11.9. The molecule has 0 saturated heterocycles. The van der Waals surface area contributed by atoms with E-state index in [0.29, 0.717) is 77.2 Å². The van der Waals surface area contributed by atoms with E-state index in [0.717, 1.165) is 23.1 Å². The van der Waals surface area contributed by atoms with Crippen LogP contribution >= 0.6 is 0 Å². The molecule has 0 aromatic heterocycles. The standard InChI is InChI=1S/C36H35N5O6/c1-21-11-25-17-38-29-15-33(31(44-2)13-27(29)35(42)40(25)19-21)46-9-4-10-47-34-16-30-28(14-32(34)45-3)36(43)41-20-23(12-26(41)18-39-30)22-5-7-24(37)8-6-22/h5-8,13-20,25-26H,4,9-12,37H2,1-3H3/t25-,26-/m0/s1. The molecule has 0 unspecified atom stereocenters. The minimum absolute atomic E-state index is 0.0849. The minimum atomic E-state index is -0.193. The number of anilines is 1. The SMILES string of the molecule is COc1cc2c(cc1OCCCOc1cc3c(cc1OC)C(=O)N1C=C(c4ccc(N)cc4)C[C@H]1C=N3)N=C[C@@H]1CC(C)=CN1C2=O. The van der Waals surface area contributed by atoms with Crippen LogP contribution < -0.4 is 24.7 Å². The summed E-state index contributed by atoms with van der Waals surface area (Å²) in [5.74, 6) is 1.61. The lowest BCUT2D eigenvalue weighted by atomic mass is 10.0. The van der Waals surface area contributed by atoms with E-state index in [1.807, 2.05) is 56.0 Å². The van der Waals surface area contributed by atoms with Crippen molar-refractivity contribution in [3.8, 4) is 23.0 Å². The van der Waals surface area contributed by atoms with E-state index in [2.05, 4.69) is 9.98 Å². The monoisotopic (exact) mass is 633 g/mol. The fraction of sp³-hybridized carbons (Fsp3) is 0.278. The first kappa shape index (κ1) is 30.1. The topological polar surface area (TPSA) is 128 Å². The highest BCUT2D eigenvalue weighted by Gasteiger charge is 2.34. The molecule has 0 saturated carbocycles. The van der Waals surface area contributed by atoms with Crippen LogP contribution in [0.25, 0.3) is 5.57 Å². The average Bonchev–Trinajstić information content (AvgIpc) is 3.62. The maximum Gasteiger partial charge on any atom is 0.260 e. The van der Waals surface area contributed by atoms with Crippen LogP contribution in [0.3, 0.4) is 0 Å². The molecule has 2 N–H and O–H groups in total. The van der Waals surface area contributed by atoms with Crippen molar-refractivity contribution in [2.45, 2.75) is 38.3 Å². The molecule has 2 atom stereocenters. The first-order valence-corrected chi connectivity index (χ1v) is 15.5. The molecule has 3 aromatic carbocycles. The summed E-state index contributed by atoms with van der Waals surface area (Å²) in [5, 5.41) is 0. The molecule has 11 heteroatoms. The highest BCUT2D eigenvalue weighted by molar-refractivity contribution is 6.06. The zero-order valence-electron chi connectivity index (χ0n) is 26.4. The Kier molecular flexibility index (Phi) is 7.88. The highest BCUT2D eigenvalue weighted by atomic mass is 16.5. The number of carbonyl (C=O) groups excluding carboxylic acids is 2. The molecule has 3 aromatic rings. The molecule has 7 rings (SSSR count). The van der Waals surface area contributed by atoms with Crippen LogP contribution in [-0.4, -0.2) is 73.6 Å². The number of benzene rings is 3. The smallest absolute Gasteiger partial charge is 0.260 e. The number of fused-ring (bicyclic) bond motifs is 4. The van der Waals surface area contributed by atoms with Crippen molar-refractivity contribution >= 4 is 46.9 Å². The Hall–Kier alpha value is -5.58. The Morgan fingerprint density at radius 3 is 1.83 bits per heavy atom. The lowest BCUT2D eigenvalue weighted by molar-refractivity contribution is 0.0809. The van der Waals surface area contributed by atoms with Crippen molar-refractivity contribution < 1.29 is 28.5 Å². The molecule has 11 nitrogen and oxygen atoms in total. The number of nitrogen functional groups attached to an aromatic ring is 1. The van der Waals surface area contributed by atoms with Crippen molar-refractivity contribution in [3.63, 3.8) is 0 Å². The number of amides is 2. The molecular formula is C36H35N5O6. The molecule has 0 bridgehead atoms. The van der Waals surface area contributed by atoms with Gasteiger partial charge < -0.3 is 34.5 Å². The quantitative estimate of drug-likeness (QED) is 0.228. The van der Waals surface area contributed by atoms with Gasteiger partial charge in [0.05, 0.1) is 62.0 Å². The van der Waals surface area contributed by atoms with Crippen LogP contribution in [0.15, 0.2) is 76.5 Å². The van der Waals surface area contributed by atoms with E-state index in [1.54, 1.807) is 48.3 Å². The lowest BCUT2D eigenvalue weighted by Crippen LogP contribution is -2.32. The first-order chi connectivity index (χ1) is 22.8. The molecule has 4 heterocycles. The van der Waals surface area contributed by atoms with E-state index < -0.39 is 0 Å². The Balaban J connectivity index is 1.01. The second-order valence-electron chi connectivity index (χ2n) is 11.9. The number of nitrogens with two attached hydrogens (primary N) is 1. The van der Waals surface area contributed by atoms with Gasteiger partial charge in [0.2, 0.25) is 0 Å². The van der Waals surface area contributed by atoms with Crippen LogP contribution in [-0.2, 0) is 0 Å². The molecule has 0 fully saturated rings. The highest BCUT2D eigenvalue weighted by Crippen LogP contribution is 2.41. The number of ether oxygens (including phenoxy) is 4. The molecule has 4 aliphatic rings. The predicted molar refractivity (Wildman–Crippen MR) is 180 cm³/mol. The van der Waals surface area contributed by atoms with Gasteiger partial charge in [0.25, 0.3) is 11.8 Å². The summed E-state index contributed by atoms with van der Waals surface area (Å²) >= 11 is 0. The molecule has 4 aliphatic heterocycles. The first-order valence-electron chi connectivity index (χ1n) is 15.5. The van der Waals surface area contributed by atoms with Gasteiger partial charge in [0.1, 0.15) is 0 Å². The van der Waals surface area contributed by atoms with E-state index >= 15 is 0 Å². The van der Waals surface area contributed by atoms with Crippen LogP contribution in [0.2, 0.25) is 0 Å². The summed E-state index contributed by atoms with van der Waals surface area (Å²) in [6.07, 6.45) is 9.35. The Morgan fingerprint density at radius 1 is 0.745 bits per heavy atom. The maximum absolute atomic E-state index is 13.6. The third-order valence-electron chi connectivity index (χ3n) is 8.68. The minimum Gasteiger partial charge on any atom is -0.493 e. The third kappa shape index (κ3) is 5.69. The molecular weight excluding hydrogens is 598 g/mol. The molecule has 47 heavy (non-hydrogen) atoms. The summed E-state index contributed by atoms with van der Waals surface area (Å²) in [4.78, 5) is 39.6. The van der Waals surface area contributed by atoms with Gasteiger partial charge in [0, 0.05) is 55.5 Å². The summed E-state index contributed by atoms with van der Waals surface area (Å²) in [5.41, 5.74) is 11.7. The van der Waals surface area contributed by atoms with Gasteiger partial charge in [-0.15, -0.1) is 0 Å². The van der Waals surface area contributed by atoms with Gasteiger partial charge in [-0.1, -0.05) is 17.7 Å². The largest absolute Gasteiger partial charge is 0.493 e. The van der Waals surface area contributed by atoms with Gasteiger partial charge in [-0.05, 0) is 48.7 Å². The van der Waals surface area contributed by atoms with Gasteiger partial charge in [-0.3, -0.25) is 19.6 Å². The van der Waals surface area contributed by atoms with Crippen molar-refractivity contribution in [1.82, 2.24) is 9.80 Å². The fourth-order valence-electron chi connectivity index (χ4n) is 6.24. The van der Waals surface area contributed by atoms with Crippen LogP contribution in [0, 0.1) is 0 Å². The summed E-state index contributed by atoms with van der Waals surface area (Å²) in [6, 6.07) is 14.2. The van der Waals surface area contributed by atoms with Gasteiger partial charge in [-0.2, -0.15) is 0 Å². The third-order valence-corrected chi connectivity index (χ3v) is 8.68. The second kappa shape index (κ2) is 12.3. The Labute approximate surface area is 272 Å². The molecule has 0 spiro atoms. The van der Waals surface area contributed by atoms with Gasteiger partial charge >= 0.3 is 0 Å². The average molecular weight is 634 g/mol. The zero-order chi connectivity index (χ0) is 32.7. The number of hydrogen-bond acceptors (Lipinski definition) is 9. The van der Waals surface area contributed by atoms with Crippen molar-refractivity contribution in [3.05, 3.63) is 83.2 Å². The molecule has 2 amide bonds. The Bertz CT molecular complexity index is 1880. The number of aliphatic imine (C=N–C) groups is 2. The molecule has 0 radical (unpaired) electrons. The number of hydrogen-bond donors (Lipinski definition) is 1.